The summed E-state index contributed by atoms with van der Waals surface area (Å²) < 4.78 is 13.6. The fraction of sp³-hybridized carbons (Fsp3) is 0.125. The topological polar surface area (TPSA) is 49.8 Å². The van der Waals surface area contributed by atoms with Crippen LogP contribution in [0.15, 0.2) is 16.6 Å². The minimum atomic E-state index is -0.441. The predicted octanol–water partition coefficient (Wildman–Crippen LogP) is 1.92. The third kappa shape index (κ3) is 1.63. The summed E-state index contributed by atoms with van der Waals surface area (Å²) in [5.41, 5.74) is 5.82. The van der Waals surface area contributed by atoms with Crippen molar-refractivity contribution in [2.24, 2.45) is 5.73 Å². The Hall–Kier alpha value is -0.920. The second kappa shape index (κ2) is 3.65. The van der Waals surface area contributed by atoms with Gasteiger partial charge in [-0.1, -0.05) is 15.9 Å². The Kier molecular flexibility index (Phi) is 2.79. The van der Waals surface area contributed by atoms with Crippen LogP contribution in [0.3, 0.4) is 0 Å². The molecule has 0 saturated carbocycles. The van der Waals surface area contributed by atoms with Crippen LogP contribution in [0.4, 0.5) is 4.39 Å². The maximum absolute atomic E-state index is 13.0. The van der Waals surface area contributed by atoms with E-state index in [1.54, 1.807) is 6.07 Å². The summed E-state index contributed by atoms with van der Waals surface area (Å²) >= 11 is 3.09. The van der Waals surface area contributed by atoms with E-state index >= 15 is 0 Å². The lowest BCUT2D eigenvalue weighted by Crippen LogP contribution is -2.02. The Morgan fingerprint density at radius 2 is 2.25 bits per heavy atom. The van der Waals surface area contributed by atoms with Crippen LogP contribution in [0.2, 0.25) is 0 Å². The first-order chi connectivity index (χ1) is 5.69. The number of hydrogen-bond acceptors (Lipinski definition) is 2. The van der Waals surface area contributed by atoms with E-state index in [-0.39, 0.29) is 17.7 Å². The van der Waals surface area contributed by atoms with Crippen molar-refractivity contribution in [1.82, 2.24) is 0 Å². The van der Waals surface area contributed by atoms with Gasteiger partial charge in [0.1, 0.15) is 5.82 Å². The number of nitrogens with zero attached hydrogens (tertiary/aromatic N) is 1. The van der Waals surface area contributed by atoms with Crippen LogP contribution in [0, 0.1) is 17.1 Å². The normalized spacial score (nSPS) is 9.50. The monoisotopic (exact) mass is 228 g/mol. The largest absolute Gasteiger partial charge is 0.326 e. The number of benzene rings is 1. The van der Waals surface area contributed by atoms with Gasteiger partial charge in [0, 0.05) is 16.6 Å². The second-order valence-electron chi connectivity index (χ2n) is 2.23. The van der Waals surface area contributed by atoms with E-state index in [9.17, 15) is 4.39 Å². The molecule has 0 aliphatic rings. The number of nitrogens with two attached hydrogens (primary N) is 1. The van der Waals surface area contributed by atoms with E-state index in [1.165, 1.54) is 6.07 Å². The van der Waals surface area contributed by atoms with E-state index in [2.05, 4.69) is 15.9 Å². The van der Waals surface area contributed by atoms with Crippen LogP contribution in [-0.2, 0) is 6.54 Å². The highest BCUT2D eigenvalue weighted by Crippen LogP contribution is 2.19. The Bertz CT molecular complexity index is 344. The van der Waals surface area contributed by atoms with E-state index in [0.717, 1.165) is 0 Å². The van der Waals surface area contributed by atoms with Crippen LogP contribution >= 0.6 is 15.9 Å². The van der Waals surface area contributed by atoms with Crippen molar-refractivity contribution in [3.63, 3.8) is 0 Å². The molecule has 1 aromatic rings. The zero-order chi connectivity index (χ0) is 9.14. The molecule has 0 aliphatic carbocycles. The van der Waals surface area contributed by atoms with Gasteiger partial charge in [0.15, 0.2) is 0 Å². The molecule has 0 fully saturated rings. The average molecular weight is 229 g/mol. The summed E-state index contributed by atoms with van der Waals surface area (Å²) in [6.45, 7) is 0.0437. The third-order valence-corrected chi connectivity index (χ3v) is 1.94. The molecule has 0 aromatic heterocycles. The van der Waals surface area contributed by atoms with Gasteiger partial charge in [-0.3, -0.25) is 0 Å². The number of rotatable bonds is 1. The molecule has 0 atom stereocenters. The van der Waals surface area contributed by atoms with Crippen LogP contribution < -0.4 is 5.73 Å². The predicted molar refractivity (Wildman–Crippen MR) is 46.7 cm³/mol. The lowest BCUT2D eigenvalue weighted by atomic mass is 10.1. The van der Waals surface area contributed by atoms with Gasteiger partial charge >= 0.3 is 0 Å². The summed E-state index contributed by atoms with van der Waals surface area (Å²) in [4.78, 5) is 0. The molecule has 0 amide bonds. The van der Waals surface area contributed by atoms with E-state index in [4.69, 9.17) is 11.0 Å². The van der Waals surface area contributed by atoms with Crippen molar-refractivity contribution in [3.05, 3.63) is 33.5 Å². The first-order valence-corrected chi connectivity index (χ1v) is 4.06. The molecular formula is C8H6BrFN2. The molecule has 0 spiro atoms. The molecule has 62 valence electrons. The molecule has 12 heavy (non-hydrogen) atoms. The highest BCUT2D eigenvalue weighted by molar-refractivity contribution is 9.10. The summed E-state index contributed by atoms with van der Waals surface area (Å²) in [6.07, 6.45) is 0. The first-order valence-electron chi connectivity index (χ1n) is 3.27. The fourth-order valence-electron chi connectivity index (χ4n) is 0.911. The highest BCUT2D eigenvalue weighted by atomic mass is 79.9. The van der Waals surface area contributed by atoms with Crippen molar-refractivity contribution < 1.29 is 4.39 Å². The lowest BCUT2D eigenvalue weighted by Gasteiger charge is -2.02. The molecule has 2 N–H and O–H groups in total. The maximum Gasteiger partial charge on any atom is 0.130 e. The molecule has 4 heteroatoms. The van der Waals surface area contributed by atoms with Gasteiger partial charge in [-0.15, -0.1) is 0 Å². The third-order valence-electron chi connectivity index (χ3n) is 1.48. The minimum absolute atomic E-state index is 0.0437. The van der Waals surface area contributed by atoms with Crippen LogP contribution in [0.5, 0.6) is 0 Å². The van der Waals surface area contributed by atoms with Gasteiger partial charge in [-0.25, -0.2) is 4.39 Å². The van der Waals surface area contributed by atoms with Crippen molar-refractivity contribution in [1.29, 1.82) is 5.26 Å². The molecule has 0 saturated heterocycles. The zero-order valence-electron chi connectivity index (χ0n) is 6.14. The van der Waals surface area contributed by atoms with E-state index in [0.29, 0.717) is 4.47 Å². The Morgan fingerprint density at radius 1 is 1.58 bits per heavy atom. The second-order valence-corrected chi connectivity index (χ2v) is 3.15. The molecule has 0 radical (unpaired) electrons. The number of halogens is 2. The number of hydrogen-bond donors (Lipinski definition) is 1. The smallest absolute Gasteiger partial charge is 0.130 e. The SMILES string of the molecule is N#Cc1cc(Br)cc(F)c1CN. The summed E-state index contributed by atoms with van der Waals surface area (Å²) in [7, 11) is 0. The van der Waals surface area contributed by atoms with Crippen molar-refractivity contribution in [3.8, 4) is 6.07 Å². The Morgan fingerprint density at radius 3 is 2.75 bits per heavy atom. The molecule has 2 nitrogen and oxygen atoms in total. The van der Waals surface area contributed by atoms with E-state index < -0.39 is 5.82 Å². The lowest BCUT2D eigenvalue weighted by molar-refractivity contribution is 0.609. The van der Waals surface area contributed by atoms with E-state index in [1.807, 2.05) is 6.07 Å². The van der Waals surface area contributed by atoms with Crippen LogP contribution in [0.25, 0.3) is 0 Å². The van der Waals surface area contributed by atoms with Crippen LogP contribution in [-0.4, -0.2) is 0 Å². The first kappa shape index (κ1) is 9.17. The van der Waals surface area contributed by atoms with Crippen molar-refractivity contribution >= 4 is 15.9 Å². The minimum Gasteiger partial charge on any atom is -0.326 e. The van der Waals surface area contributed by atoms with Gasteiger partial charge in [-0.2, -0.15) is 5.26 Å². The maximum atomic E-state index is 13.0. The molecule has 0 bridgehead atoms. The van der Waals surface area contributed by atoms with Crippen molar-refractivity contribution in [2.45, 2.75) is 6.54 Å². The van der Waals surface area contributed by atoms with Gasteiger partial charge in [0.05, 0.1) is 11.6 Å². The average Bonchev–Trinajstić information content (AvgIpc) is 2.03. The summed E-state index contributed by atoms with van der Waals surface area (Å²) in [5.74, 6) is -0.441. The Labute approximate surface area is 77.9 Å². The van der Waals surface area contributed by atoms with Crippen LogP contribution in [0.1, 0.15) is 11.1 Å². The molecule has 0 heterocycles. The zero-order valence-corrected chi connectivity index (χ0v) is 7.73. The molecule has 0 unspecified atom stereocenters. The van der Waals surface area contributed by atoms with Gasteiger partial charge in [-0.05, 0) is 12.1 Å². The highest BCUT2D eigenvalue weighted by Gasteiger charge is 2.07. The van der Waals surface area contributed by atoms with Gasteiger partial charge < -0.3 is 5.73 Å². The molecule has 1 rings (SSSR count). The molecule has 1 aromatic carbocycles. The molecule has 0 aliphatic heterocycles. The Balaban J connectivity index is 3.36. The van der Waals surface area contributed by atoms with Gasteiger partial charge in [0.2, 0.25) is 0 Å². The quantitative estimate of drug-likeness (QED) is 0.799. The summed E-state index contributed by atoms with van der Waals surface area (Å²) in [5, 5.41) is 8.61. The van der Waals surface area contributed by atoms with Crippen molar-refractivity contribution in [2.75, 3.05) is 0 Å². The number of nitriles is 1. The standard InChI is InChI=1S/C8H6BrFN2/c9-6-1-5(3-11)7(4-12)8(10)2-6/h1-2H,4,12H2. The molecular weight excluding hydrogens is 223 g/mol. The van der Waals surface area contributed by atoms with Gasteiger partial charge in [0.25, 0.3) is 0 Å². The summed E-state index contributed by atoms with van der Waals surface area (Å²) in [6, 6.07) is 4.72. The fourth-order valence-corrected chi connectivity index (χ4v) is 1.34.